The zero-order valence-corrected chi connectivity index (χ0v) is 20.6. The van der Waals surface area contributed by atoms with Gasteiger partial charge in [-0.15, -0.1) is 0 Å². The van der Waals surface area contributed by atoms with E-state index in [-0.39, 0.29) is 22.9 Å². The smallest absolute Gasteiger partial charge is 0.314 e. The number of benzene rings is 2. The van der Waals surface area contributed by atoms with Gasteiger partial charge in [-0.05, 0) is 74.4 Å². The average molecular weight is 437 g/mol. The topological polar surface area (TPSA) is 35.5 Å². The standard InChI is InChI=1S/C29H40O3/c1-6-22(4)27(30)31-25-16-12-23(13-17-25)29(20-10-9-11-21-29)24-14-18-26(19-15-24)32-28(5,7-2)8-3/h12-19,22H,6-11,20-21H2,1-5H3. The van der Waals surface area contributed by atoms with E-state index in [2.05, 4.69) is 57.2 Å². The Morgan fingerprint density at radius 2 is 1.38 bits per heavy atom. The number of rotatable bonds is 9. The minimum absolute atomic E-state index is 0.00877. The summed E-state index contributed by atoms with van der Waals surface area (Å²) in [5, 5.41) is 0. The Kier molecular flexibility index (Phi) is 8.03. The lowest BCUT2D eigenvalue weighted by molar-refractivity contribution is -0.138. The maximum Gasteiger partial charge on any atom is 0.314 e. The van der Waals surface area contributed by atoms with Crippen LogP contribution in [-0.2, 0) is 10.2 Å². The van der Waals surface area contributed by atoms with Crippen LogP contribution in [0, 0.1) is 5.92 Å². The summed E-state index contributed by atoms with van der Waals surface area (Å²) in [6.45, 7) is 10.4. The highest BCUT2D eigenvalue weighted by Crippen LogP contribution is 2.45. The van der Waals surface area contributed by atoms with E-state index in [1.165, 1.54) is 30.4 Å². The van der Waals surface area contributed by atoms with Gasteiger partial charge in [0.1, 0.15) is 17.1 Å². The van der Waals surface area contributed by atoms with Crippen molar-refractivity contribution in [2.45, 2.75) is 97.0 Å². The summed E-state index contributed by atoms with van der Waals surface area (Å²) in [5.41, 5.74) is 2.55. The second kappa shape index (κ2) is 10.6. The molecule has 0 N–H and O–H groups in total. The highest BCUT2D eigenvalue weighted by atomic mass is 16.5. The van der Waals surface area contributed by atoms with Crippen LogP contribution in [0.4, 0.5) is 0 Å². The van der Waals surface area contributed by atoms with Crippen LogP contribution in [0.25, 0.3) is 0 Å². The van der Waals surface area contributed by atoms with Crippen LogP contribution in [0.2, 0.25) is 0 Å². The lowest BCUT2D eigenvalue weighted by atomic mass is 9.65. The van der Waals surface area contributed by atoms with E-state index in [0.29, 0.717) is 5.75 Å². The highest BCUT2D eigenvalue weighted by molar-refractivity contribution is 5.74. The van der Waals surface area contributed by atoms with Gasteiger partial charge in [-0.1, -0.05) is 71.2 Å². The summed E-state index contributed by atoms with van der Waals surface area (Å²) < 4.78 is 11.9. The zero-order chi connectivity index (χ0) is 23.2. The van der Waals surface area contributed by atoms with Gasteiger partial charge in [0.2, 0.25) is 0 Å². The van der Waals surface area contributed by atoms with Crippen LogP contribution in [0.15, 0.2) is 48.5 Å². The number of esters is 1. The van der Waals surface area contributed by atoms with Crippen molar-refractivity contribution >= 4 is 5.97 Å². The molecule has 2 aromatic rings. The van der Waals surface area contributed by atoms with Gasteiger partial charge in [-0.2, -0.15) is 0 Å². The van der Waals surface area contributed by atoms with Crippen LogP contribution in [0.3, 0.4) is 0 Å². The van der Waals surface area contributed by atoms with E-state index in [1.54, 1.807) is 0 Å². The van der Waals surface area contributed by atoms with Crippen molar-refractivity contribution in [1.82, 2.24) is 0 Å². The summed E-state index contributed by atoms with van der Waals surface area (Å²) >= 11 is 0. The molecule has 2 aromatic carbocycles. The Morgan fingerprint density at radius 1 is 0.875 bits per heavy atom. The summed E-state index contributed by atoms with van der Waals surface area (Å²) in [6.07, 6.45) is 8.79. The first-order valence-corrected chi connectivity index (χ1v) is 12.5. The molecule has 0 aromatic heterocycles. The highest BCUT2D eigenvalue weighted by Gasteiger charge is 2.36. The first-order valence-electron chi connectivity index (χ1n) is 12.5. The maximum atomic E-state index is 12.2. The number of carbonyl (C=O) groups excluding carboxylic acids is 1. The first kappa shape index (κ1) is 24.4. The molecule has 0 amide bonds. The van der Waals surface area contributed by atoms with Crippen LogP contribution in [0.1, 0.15) is 97.1 Å². The average Bonchev–Trinajstić information content (AvgIpc) is 2.84. The third kappa shape index (κ3) is 5.36. The van der Waals surface area contributed by atoms with Gasteiger partial charge in [-0.3, -0.25) is 4.79 Å². The number of hydrogen-bond donors (Lipinski definition) is 0. The lowest BCUT2D eigenvalue weighted by Gasteiger charge is -2.39. The second-order valence-electron chi connectivity index (χ2n) is 9.68. The summed E-state index contributed by atoms with van der Waals surface area (Å²) in [6, 6.07) is 17.0. The van der Waals surface area contributed by atoms with Crippen molar-refractivity contribution in [1.29, 1.82) is 0 Å². The van der Waals surface area contributed by atoms with Crippen LogP contribution in [-0.4, -0.2) is 11.6 Å². The normalized spacial score (nSPS) is 16.9. The van der Waals surface area contributed by atoms with Crippen molar-refractivity contribution < 1.29 is 14.3 Å². The SMILES string of the molecule is CCC(C)C(=O)Oc1ccc(C2(c3ccc(OC(C)(CC)CC)cc3)CCCCC2)cc1. The van der Waals surface area contributed by atoms with Crippen molar-refractivity contribution in [3.8, 4) is 11.5 Å². The number of ether oxygens (including phenoxy) is 2. The molecule has 1 unspecified atom stereocenters. The Morgan fingerprint density at radius 3 is 1.84 bits per heavy atom. The maximum absolute atomic E-state index is 12.2. The molecule has 3 heteroatoms. The molecule has 1 aliphatic rings. The predicted molar refractivity (Wildman–Crippen MR) is 131 cm³/mol. The third-order valence-corrected chi connectivity index (χ3v) is 7.61. The number of hydrogen-bond acceptors (Lipinski definition) is 3. The molecule has 0 aliphatic heterocycles. The van der Waals surface area contributed by atoms with Crippen molar-refractivity contribution in [3.05, 3.63) is 59.7 Å². The molecule has 0 saturated heterocycles. The lowest BCUT2D eigenvalue weighted by Crippen LogP contribution is -2.31. The molecule has 32 heavy (non-hydrogen) atoms. The Labute approximate surface area is 194 Å². The van der Waals surface area contributed by atoms with Crippen molar-refractivity contribution in [2.75, 3.05) is 0 Å². The quantitative estimate of drug-likeness (QED) is 0.296. The molecule has 3 rings (SSSR count). The van der Waals surface area contributed by atoms with Gasteiger partial charge in [-0.25, -0.2) is 0 Å². The minimum atomic E-state index is -0.158. The van der Waals surface area contributed by atoms with Gasteiger partial charge in [0, 0.05) is 5.41 Å². The Hall–Kier alpha value is -2.29. The van der Waals surface area contributed by atoms with E-state index >= 15 is 0 Å². The summed E-state index contributed by atoms with van der Waals surface area (Å²) in [5.74, 6) is 1.34. The third-order valence-electron chi connectivity index (χ3n) is 7.61. The fourth-order valence-electron chi connectivity index (χ4n) is 4.65. The molecule has 0 spiro atoms. The Balaban J connectivity index is 1.85. The molecule has 0 heterocycles. The molecule has 3 nitrogen and oxygen atoms in total. The molecular formula is C29H40O3. The first-order chi connectivity index (χ1) is 15.4. The molecule has 0 radical (unpaired) electrons. The van der Waals surface area contributed by atoms with Gasteiger partial charge < -0.3 is 9.47 Å². The molecule has 1 fully saturated rings. The molecule has 1 saturated carbocycles. The van der Waals surface area contributed by atoms with E-state index < -0.39 is 0 Å². The minimum Gasteiger partial charge on any atom is -0.488 e. The van der Waals surface area contributed by atoms with E-state index in [1.807, 2.05) is 26.0 Å². The largest absolute Gasteiger partial charge is 0.488 e. The monoisotopic (exact) mass is 436 g/mol. The van der Waals surface area contributed by atoms with E-state index in [9.17, 15) is 4.79 Å². The molecule has 174 valence electrons. The van der Waals surface area contributed by atoms with Crippen molar-refractivity contribution in [2.24, 2.45) is 5.92 Å². The predicted octanol–water partition coefficient (Wildman–Crippen LogP) is 7.85. The number of carbonyl (C=O) groups is 1. The molecule has 1 atom stereocenters. The Bertz CT molecular complexity index is 856. The van der Waals surface area contributed by atoms with E-state index in [0.717, 1.165) is 37.9 Å². The summed E-state index contributed by atoms with van der Waals surface area (Å²) in [4.78, 5) is 12.2. The fraction of sp³-hybridized carbons (Fsp3) is 0.552. The fourth-order valence-corrected chi connectivity index (χ4v) is 4.65. The van der Waals surface area contributed by atoms with Gasteiger partial charge in [0.15, 0.2) is 0 Å². The van der Waals surface area contributed by atoms with Crippen molar-refractivity contribution in [3.63, 3.8) is 0 Å². The van der Waals surface area contributed by atoms with E-state index in [4.69, 9.17) is 9.47 Å². The summed E-state index contributed by atoms with van der Waals surface area (Å²) in [7, 11) is 0. The van der Waals surface area contributed by atoms with Crippen LogP contribution >= 0.6 is 0 Å². The van der Waals surface area contributed by atoms with Gasteiger partial charge in [0.25, 0.3) is 0 Å². The second-order valence-corrected chi connectivity index (χ2v) is 9.68. The molecular weight excluding hydrogens is 396 g/mol. The van der Waals surface area contributed by atoms with Gasteiger partial charge in [0.05, 0.1) is 5.92 Å². The van der Waals surface area contributed by atoms with Gasteiger partial charge >= 0.3 is 5.97 Å². The van der Waals surface area contributed by atoms with Crippen LogP contribution < -0.4 is 9.47 Å². The molecule has 1 aliphatic carbocycles. The zero-order valence-electron chi connectivity index (χ0n) is 20.6. The molecule has 0 bridgehead atoms. The van der Waals surface area contributed by atoms with Crippen LogP contribution in [0.5, 0.6) is 11.5 Å².